The molecule has 2 saturated heterocycles. The van der Waals surface area contributed by atoms with Gasteiger partial charge in [-0.3, -0.25) is 23.9 Å². The van der Waals surface area contributed by atoms with Crippen LogP contribution in [-0.4, -0.2) is 49.4 Å². The van der Waals surface area contributed by atoms with E-state index in [-0.39, 0.29) is 31.0 Å². The number of urea groups is 1. The van der Waals surface area contributed by atoms with Crippen LogP contribution in [0.1, 0.15) is 42.4 Å². The highest BCUT2D eigenvalue weighted by Crippen LogP contribution is 2.64. The molecular formula is C42H36ClN5O7S. The lowest BCUT2D eigenvalue weighted by molar-refractivity contribution is -0.136. The number of aryl methyl sites for hydroxylation is 2. The van der Waals surface area contributed by atoms with E-state index in [1.165, 1.54) is 27.0 Å². The summed E-state index contributed by atoms with van der Waals surface area (Å²) in [5.41, 5.74) is 7.58. The number of hydrogen-bond acceptors (Lipinski definition) is 9. The van der Waals surface area contributed by atoms with Crippen molar-refractivity contribution in [2.24, 2.45) is 41.9 Å². The molecule has 5 aromatic rings. The van der Waals surface area contributed by atoms with Gasteiger partial charge in [-0.25, -0.2) is 9.69 Å². The Hall–Kier alpha value is -5.79. The predicted molar refractivity (Wildman–Crippen MR) is 209 cm³/mol. The van der Waals surface area contributed by atoms with E-state index in [1.54, 1.807) is 32.2 Å². The fraction of sp³-hybridized carbons (Fsp3) is 0.286. The Morgan fingerprint density at radius 1 is 1.02 bits per heavy atom. The van der Waals surface area contributed by atoms with Gasteiger partial charge >= 0.3 is 6.03 Å². The second-order valence-corrected chi connectivity index (χ2v) is 16.7. The lowest BCUT2D eigenvalue weighted by atomic mass is 9.51. The number of primary amides is 1. The van der Waals surface area contributed by atoms with Crippen LogP contribution in [0.2, 0.25) is 5.02 Å². The van der Waals surface area contributed by atoms with E-state index in [4.69, 9.17) is 27.2 Å². The Morgan fingerprint density at radius 3 is 2.52 bits per heavy atom. The molecule has 12 nitrogen and oxygen atoms in total. The van der Waals surface area contributed by atoms with E-state index in [0.29, 0.717) is 32.5 Å². The molecule has 0 spiro atoms. The van der Waals surface area contributed by atoms with Crippen LogP contribution in [-0.2, 0) is 32.8 Å². The van der Waals surface area contributed by atoms with Gasteiger partial charge in [-0.05, 0) is 73.4 Å². The normalized spacial score (nSPS) is 25.7. The minimum absolute atomic E-state index is 0.0621. The fourth-order valence-electron chi connectivity index (χ4n) is 9.61. The zero-order valence-electron chi connectivity index (χ0n) is 30.6. The molecule has 0 bridgehead atoms. The van der Waals surface area contributed by atoms with Crippen LogP contribution >= 0.6 is 22.9 Å². The van der Waals surface area contributed by atoms with Crippen molar-refractivity contribution in [2.75, 3.05) is 4.90 Å². The highest BCUT2D eigenvalue weighted by molar-refractivity contribution is 7.22. The van der Waals surface area contributed by atoms with Gasteiger partial charge < -0.3 is 15.6 Å². The number of nitrogens with zero attached hydrogens (tertiary/aromatic N) is 4. The molecule has 2 aromatic heterocycles. The van der Waals surface area contributed by atoms with Gasteiger partial charge in [0.15, 0.2) is 0 Å². The Bertz CT molecular complexity index is 2580. The largest absolute Gasteiger partial charge is 0.508 e. The Labute approximate surface area is 330 Å². The number of ether oxygens (including phenoxy) is 1. The molecule has 56 heavy (non-hydrogen) atoms. The number of phenols is 1. The number of allylic oxidation sites excluding steroid dienone is 2. The molecule has 6 atom stereocenters. The molecule has 4 aliphatic rings. The molecule has 3 N–H and O–H groups in total. The van der Waals surface area contributed by atoms with Crippen molar-refractivity contribution in [2.45, 2.75) is 39.2 Å². The van der Waals surface area contributed by atoms with Gasteiger partial charge in [-0.15, -0.1) is 11.3 Å². The third kappa shape index (κ3) is 5.17. The van der Waals surface area contributed by atoms with E-state index in [1.807, 2.05) is 61.5 Å². The number of anilines is 1. The van der Waals surface area contributed by atoms with Crippen molar-refractivity contribution in [3.8, 4) is 22.1 Å². The smallest absolute Gasteiger partial charge is 0.328 e. The first kappa shape index (κ1) is 35.9. The van der Waals surface area contributed by atoms with Crippen LogP contribution < -0.4 is 15.4 Å². The van der Waals surface area contributed by atoms with Crippen LogP contribution in [0.15, 0.2) is 84.4 Å². The van der Waals surface area contributed by atoms with Gasteiger partial charge in [0, 0.05) is 40.4 Å². The highest BCUT2D eigenvalue weighted by Gasteiger charge is 2.68. The number of carbonyl (C=O) groups excluding carboxylic acids is 5. The van der Waals surface area contributed by atoms with Crippen LogP contribution in [0.3, 0.4) is 0 Å². The molecule has 1 saturated carbocycles. The van der Waals surface area contributed by atoms with Crippen molar-refractivity contribution in [3.63, 3.8) is 0 Å². The zero-order chi connectivity index (χ0) is 39.4. The van der Waals surface area contributed by atoms with Crippen LogP contribution in [0.5, 0.6) is 11.5 Å². The molecule has 14 heteroatoms. The first-order chi connectivity index (χ1) is 26.8. The van der Waals surface area contributed by atoms with Crippen LogP contribution in [0, 0.1) is 36.0 Å². The minimum Gasteiger partial charge on any atom is -0.508 e. The summed E-state index contributed by atoms with van der Waals surface area (Å²) in [4.78, 5) is 72.0. The number of aromatic nitrogens is 2. The van der Waals surface area contributed by atoms with Gasteiger partial charge in [0.2, 0.25) is 23.6 Å². The van der Waals surface area contributed by atoms with Crippen molar-refractivity contribution in [3.05, 3.63) is 106 Å². The molecule has 6 amide bonds. The molecule has 2 aliphatic carbocycles. The SMILES string of the molecule is Cc1c(-c2cc(N3C(=O)[C@@H]4C[C@@H]5C(=CC[C@@H]6C(=O)N(C(N)=O)C(=O)[C@@H]65)[C@H](c5ccc(OCc6ccccc6)cc5O)[C@]4(C)C3=O)n(C)n2)sc2ccc(Cl)cc12. The molecule has 3 aromatic carbocycles. The molecule has 3 fully saturated rings. The summed E-state index contributed by atoms with van der Waals surface area (Å²) in [6, 6.07) is 20.7. The third-order valence-electron chi connectivity index (χ3n) is 12.3. The van der Waals surface area contributed by atoms with Crippen molar-refractivity contribution in [1.29, 1.82) is 0 Å². The zero-order valence-corrected chi connectivity index (χ0v) is 32.1. The highest BCUT2D eigenvalue weighted by atomic mass is 35.5. The molecule has 284 valence electrons. The molecule has 4 heterocycles. The number of thiophene rings is 1. The van der Waals surface area contributed by atoms with E-state index in [2.05, 4.69) is 0 Å². The van der Waals surface area contributed by atoms with Gasteiger partial charge in [-0.1, -0.05) is 59.6 Å². The Kier molecular flexibility index (Phi) is 8.26. The first-order valence-electron chi connectivity index (χ1n) is 18.3. The second-order valence-electron chi connectivity index (χ2n) is 15.2. The lowest BCUT2D eigenvalue weighted by Crippen LogP contribution is -2.49. The first-order valence-corrected chi connectivity index (χ1v) is 19.5. The van der Waals surface area contributed by atoms with Gasteiger partial charge in [-0.2, -0.15) is 10.00 Å². The number of rotatable bonds is 6. The fourth-order valence-corrected chi connectivity index (χ4v) is 10.9. The second kappa shape index (κ2) is 12.9. The average Bonchev–Trinajstić information content (AvgIpc) is 3.84. The minimum atomic E-state index is -1.43. The predicted octanol–water partition coefficient (Wildman–Crippen LogP) is 6.86. The van der Waals surface area contributed by atoms with Crippen molar-refractivity contribution in [1.82, 2.24) is 14.7 Å². The molecule has 2 aliphatic heterocycles. The Morgan fingerprint density at radius 2 is 1.79 bits per heavy atom. The standard InChI is InChI=1S/C42H36ClN5O7S/c1-20-27-15-22(43)9-14-32(27)56-36(20)30-18-33(46(3)45-30)47-38(51)29-17-28-24(12-13-26-34(28)39(52)48(37(26)50)41(44)54)35(42(29,2)40(47)53)25-11-10-23(16-31(25)49)55-19-21-7-5-4-6-8-21/h4-12,14-16,18,26,28-29,34-35,49H,13,17,19H2,1-3H3,(H2,44,54)/t26-,28+,29-,34-,35+,42+/m0/s1. The topological polar surface area (TPSA) is 165 Å². The number of amides is 6. The summed E-state index contributed by atoms with van der Waals surface area (Å²) >= 11 is 7.84. The van der Waals surface area contributed by atoms with Gasteiger partial charge in [0.25, 0.3) is 0 Å². The number of imide groups is 4. The number of halogens is 1. The van der Waals surface area contributed by atoms with E-state index in [9.17, 15) is 24.3 Å². The summed E-state index contributed by atoms with van der Waals surface area (Å²) in [5, 5.41) is 18.1. The van der Waals surface area contributed by atoms with Gasteiger partial charge in [0.05, 0.1) is 28.0 Å². The number of carbonyl (C=O) groups is 5. The van der Waals surface area contributed by atoms with Crippen molar-refractivity contribution >= 4 is 68.5 Å². The molecule has 0 unspecified atom stereocenters. The quantitative estimate of drug-likeness (QED) is 0.139. The molecule has 9 rings (SSSR count). The van der Waals surface area contributed by atoms with Crippen LogP contribution in [0.25, 0.3) is 20.7 Å². The summed E-state index contributed by atoms with van der Waals surface area (Å²) < 4.78 is 8.53. The maximum absolute atomic E-state index is 15.1. The molecule has 0 radical (unpaired) electrons. The lowest BCUT2D eigenvalue weighted by Gasteiger charge is -2.49. The average molecular weight is 790 g/mol. The van der Waals surface area contributed by atoms with Gasteiger partial charge in [0.1, 0.15) is 29.6 Å². The summed E-state index contributed by atoms with van der Waals surface area (Å²) in [6.45, 7) is 3.97. The third-order valence-corrected chi connectivity index (χ3v) is 13.8. The number of hydrogen-bond donors (Lipinski definition) is 2. The number of fused-ring (bicyclic) bond motifs is 5. The maximum atomic E-state index is 15.1. The number of aromatic hydroxyl groups is 1. The summed E-state index contributed by atoms with van der Waals surface area (Å²) in [7, 11) is 1.68. The van der Waals surface area contributed by atoms with E-state index < -0.39 is 64.7 Å². The monoisotopic (exact) mass is 789 g/mol. The number of phenolic OH excluding ortho intramolecular Hbond substituents is 1. The number of likely N-dealkylation sites (tertiary alicyclic amines) is 1. The van der Waals surface area contributed by atoms with E-state index in [0.717, 1.165) is 26.1 Å². The summed E-state index contributed by atoms with van der Waals surface area (Å²) in [6.07, 6.45) is 2.02. The maximum Gasteiger partial charge on any atom is 0.328 e. The van der Waals surface area contributed by atoms with E-state index >= 15 is 4.79 Å². The molecular weight excluding hydrogens is 754 g/mol. The van der Waals surface area contributed by atoms with Crippen LogP contribution in [0.4, 0.5) is 10.6 Å². The number of benzene rings is 3. The Balaban J connectivity index is 1.14. The summed E-state index contributed by atoms with van der Waals surface area (Å²) in [5.74, 6) is -6.21. The number of nitrogens with two attached hydrogens (primary N) is 1. The van der Waals surface area contributed by atoms with Crippen molar-refractivity contribution < 1.29 is 33.8 Å².